The minimum Gasteiger partial charge on any atom is -0.497 e. The lowest BCUT2D eigenvalue weighted by Gasteiger charge is -2.18. The molecular weight excluding hydrogens is 404 g/mol. The molecule has 1 atom stereocenters. The highest BCUT2D eigenvalue weighted by molar-refractivity contribution is 5.79. The van der Waals surface area contributed by atoms with Crippen molar-refractivity contribution >= 4 is 5.96 Å². The summed E-state index contributed by atoms with van der Waals surface area (Å²) in [6.07, 6.45) is 1.71. The molecule has 0 aliphatic rings. The summed E-state index contributed by atoms with van der Waals surface area (Å²) in [6, 6.07) is 21.3. The van der Waals surface area contributed by atoms with Gasteiger partial charge in [-0.2, -0.15) is 0 Å². The molecule has 168 valence electrons. The first-order valence-electron chi connectivity index (χ1n) is 10.5. The Morgan fingerprint density at radius 1 is 0.969 bits per heavy atom. The standard InChI is InChI=1S/C25H30N4O3/c1-19(32-24-12-7-10-22(15-24)30-3)16-28-25(26-2)29-17-20-8-6-11-23(14-20)31-18-21-9-4-5-13-27-21/h4-15,19H,16-18H2,1-3H3,(H2,26,28,29). The Hall–Kier alpha value is -3.74. The van der Waals surface area contributed by atoms with E-state index in [4.69, 9.17) is 14.2 Å². The Morgan fingerprint density at radius 2 is 1.78 bits per heavy atom. The van der Waals surface area contributed by atoms with Gasteiger partial charge in [-0.25, -0.2) is 0 Å². The van der Waals surface area contributed by atoms with E-state index >= 15 is 0 Å². The molecule has 2 N–H and O–H groups in total. The highest BCUT2D eigenvalue weighted by Gasteiger charge is 2.07. The molecule has 0 fully saturated rings. The minimum absolute atomic E-state index is 0.0519. The molecule has 0 spiro atoms. The molecule has 1 heterocycles. The lowest BCUT2D eigenvalue weighted by Crippen LogP contribution is -2.41. The highest BCUT2D eigenvalue weighted by atomic mass is 16.5. The quantitative estimate of drug-likeness (QED) is 0.373. The number of nitrogens with zero attached hydrogens (tertiary/aromatic N) is 2. The fraction of sp³-hybridized carbons (Fsp3) is 0.280. The smallest absolute Gasteiger partial charge is 0.191 e. The third-order valence-corrected chi connectivity index (χ3v) is 4.63. The van der Waals surface area contributed by atoms with Crippen LogP contribution in [0.1, 0.15) is 18.2 Å². The first kappa shape index (κ1) is 22.9. The van der Waals surface area contributed by atoms with Crippen LogP contribution in [0.4, 0.5) is 0 Å². The number of hydrogen-bond donors (Lipinski definition) is 2. The van der Waals surface area contributed by atoms with Gasteiger partial charge in [0.15, 0.2) is 5.96 Å². The van der Waals surface area contributed by atoms with Crippen molar-refractivity contribution in [1.82, 2.24) is 15.6 Å². The molecule has 2 aromatic carbocycles. The van der Waals surface area contributed by atoms with Crippen LogP contribution < -0.4 is 24.8 Å². The molecule has 0 aliphatic heterocycles. The fourth-order valence-corrected chi connectivity index (χ4v) is 2.98. The molecule has 3 rings (SSSR count). The topological polar surface area (TPSA) is 77.0 Å². The van der Waals surface area contributed by atoms with Crippen molar-refractivity contribution in [3.8, 4) is 17.2 Å². The van der Waals surface area contributed by atoms with E-state index in [1.807, 2.05) is 73.7 Å². The van der Waals surface area contributed by atoms with Crippen LogP contribution in [0.25, 0.3) is 0 Å². The fourth-order valence-electron chi connectivity index (χ4n) is 2.98. The summed E-state index contributed by atoms with van der Waals surface area (Å²) in [5, 5.41) is 6.61. The average Bonchev–Trinajstić information content (AvgIpc) is 2.84. The number of rotatable bonds is 10. The molecule has 0 saturated heterocycles. The van der Waals surface area contributed by atoms with Crippen LogP contribution in [0.5, 0.6) is 17.2 Å². The van der Waals surface area contributed by atoms with E-state index < -0.39 is 0 Å². The minimum atomic E-state index is -0.0519. The number of ether oxygens (including phenoxy) is 3. The molecule has 32 heavy (non-hydrogen) atoms. The summed E-state index contributed by atoms with van der Waals surface area (Å²) in [5.41, 5.74) is 1.98. The van der Waals surface area contributed by atoms with Crippen molar-refractivity contribution in [3.63, 3.8) is 0 Å². The lowest BCUT2D eigenvalue weighted by atomic mass is 10.2. The monoisotopic (exact) mass is 434 g/mol. The molecule has 0 aliphatic carbocycles. The largest absolute Gasteiger partial charge is 0.497 e. The van der Waals surface area contributed by atoms with Crippen LogP contribution in [-0.4, -0.2) is 37.7 Å². The molecule has 7 nitrogen and oxygen atoms in total. The van der Waals surface area contributed by atoms with Gasteiger partial charge in [0.2, 0.25) is 0 Å². The first-order valence-corrected chi connectivity index (χ1v) is 10.5. The maximum atomic E-state index is 5.95. The number of aromatic nitrogens is 1. The van der Waals surface area contributed by atoms with E-state index in [-0.39, 0.29) is 6.10 Å². The maximum absolute atomic E-state index is 5.95. The molecule has 0 saturated carbocycles. The molecular formula is C25H30N4O3. The van der Waals surface area contributed by atoms with Gasteiger partial charge in [0.25, 0.3) is 0 Å². The molecule has 1 unspecified atom stereocenters. The first-order chi connectivity index (χ1) is 15.7. The summed E-state index contributed by atoms with van der Waals surface area (Å²) < 4.78 is 17.0. The summed E-state index contributed by atoms with van der Waals surface area (Å²) >= 11 is 0. The zero-order valence-electron chi connectivity index (χ0n) is 18.7. The van der Waals surface area contributed by atoms with Crippen molar-refractivity contribution in [2.24, 2.45) is 4.99 Å². The van der Waals surface area contributed by atoms with Gasteiger partial charge in [0, 0.05) is 25.9 Å². The molecule has 7 heteroatoms. The molecule has 0 radical (unpaired) electrons. The summed E-state index contributed by atoms with van der Waals surface area (Å²) in [6.45, 7) is 3.66. The predicted molar refractivity (Wildman–Crippen MR) is 126 cm³/mol. The zero-order valence-corrected chi connectivity index (χ0v) is 18.7. The number of benzene rings is 2. The average molecular weight is 435 g/mol. The van der Waals surface area contributed by atoms with Gasteiger partial charge in [-0.15, -0.1) is 0 Å². The maximum Gasteiger partial charge on any atom is 0.191 e. The Kier molecular flexibility index (Phi) is 8.74. The van der Waals surface area contributed by atoms with E-state index in [9.17, 15) is 0 Å². The Labute approximate surface area is 189 Å². The van der Waals surface area contributed by atoms with E-state index in [0.717, 1.165) is 28.5 Å². The van der Waals surface area contributed by atoms with Crippen molar-refractivity contribution in [2.75, 3.05) is 20.7 Å². The van der Waals surface area contributed by atoms with E-state index in [2.05, 4.69) is 20.6 Å². The Morgan fingerprint density at radius 3 is 2.56 bits per heavy atom. The second kappa shape index (κ2) is 12.2. The van der Waals surface area contributed by atoms with Crippen LogP contribution in [0.3, 0.4) is 0 Å². The second-order valence-corrected chi connectivity index (χ2v) is 7.17. The van der Waals surface area contributed by atoms with Crippen LogP contribution in [0, 0.1) is 0 Å². The van der Waals surface area contributed by atoms with E-state index in [1.54, 1.807) is 20.4 Å². The third-order valence-electron chi connectivity index (χ3n) is 4.63. The zero-order chi connectivity index (χ0) is 22.6. The summed E-state index contributed by atoms with van der Waals surface area (Å²) in [5.74, 6) is 3.04. The van der Waals surface area contributed by atoms with Gasteiger partial charge < -0.3 is 24.8 Å². The van der Waals surface area contributed by atoms with Crippen molar-refractivity contribution in [1.29, 1.82) is 0 Å². The predicted octanol–water partition coefficient (Wildman–Crippen LogP) is 3.80. The number of nitrogens with one attached hydrogen (secondary N) is 2. The third kappa shape index (κ3) is 7.50. The van der Waals surface area contributed by atoms with Crippen molar-refractivity contribution in [3.05, 3.63) is 84.2 Å². The van der Waals surface area contributed by atoms with Gasteiger partial charge in [-0.3, -0.25) is 9.98 Å². The summed E-state index contributed by atoms with van der Waals surface area (Å²) in [4.78, 5) is 8.57. The normalized spacial score (nSPS) is 12.0. The SMILES string of the molecule is CN=C(NCc1cccc(OCc2ccccn2)c1)NCC(C)Oc1cccc(OC)c1. The summed E-state index contributed by atoms with van der Waals surface area (Å²) in [7, 11) is 3.39. The van der Waals surface area contributed by atoms with Gasteiger partial charge in [-0.1, -0.05) is 24.3 Å². The number of pyridine rings is 1. The van der Waals surface area contributed by atoms with Gasteiger partial charge >= 0.3 is 0 Å². The van der Waals surface area contributed by atoms with Crippen LogP contribution >= 0.6 is 0 Å². The van der Waals surface area contributed by atoms with Crippen molar-refractivity contribution in [2.45, 2.75) is 26.2 Å². The van der Waals surface area contributed by atoms with Crippen LogP contribution in [0.2, 0.25) is 0 Å². The van der Waals surface area contributed by atoms with E-state index in [0.29, 0.717) is 25.7 Å². The van der Waals surface area contributed by atoms with Crippen LogP contribution in [0.15, 0.2) is 77.9 Å². The van der Waals surface area contributed by atoms with Crippen LogP contribution in [-0.2, 0) is 13.2 Å². The van der Waals surface area contributed by atoms with Gasteiger partial charge in [0.1, 0.15) is 30.0 Å². The molecule has 3 aromatic rings. The lowest BCUT2D eigenvalue weighted by molar-refractivity contribution is 0.223. The number of methoxy groups -OCH3 is 1. The molecule has 0 bridgehead atoms. The number of hydrogen-bond acceptors (Lipinski definition) is 5. The Balaban J connectivity index is 1.44. The number of guanidine groups is 1. The second-order valence-electron chi connectivity index (χ2n) is 7.17. The van der Waals surface area contributed by atoms with Gasteiger partial charge in [-0.05, 0) is 48.9 Å². The highest BCUT2D eigenvalue weighted by Crippen LogP contribution is 2.19. The van der Waals surface area contributed by atoms with Gasteiger partial charge in [0.05, 0.1) is 19.3 Å². The van der Waals surface area contributed by atoms with Crippen molar-refractivity contribution < 1.29 is 14.2 Å². The molecule has 0 amide bonds. The molecule has 1 aromatic heterocycles. The Bertz CT molecular complexity index is 995. The number of aliphatic imine (C=N–C) groups is 1. The van der Waals surface area contributed by atoms with E-state index in [1.165, 1.54) is 0 Å².